The van der Waals surface area contributed by atoms with E-state index < -0.39 is 0 Å². The van der Waals surface area contributed by atoms with Gasteiger partial charge in [0.25, 0.3) is 0 Å². The van der Waals surface area contributed by atoms with E-state index in [0.29, 0.717) is 11.2 Å². The fourth-order valence-electron chi connectivity index (χ4n) is 2.31. The molecule has 2 heterocycles. The Hall–Kier alpha value is -2.14. The molecule has 0 fully saturated rings. The molecule has 4 nitrogen and oxygen atoms in total. The zero-order valence-electron chi connectivity index (χ0n) is 12.1. The van der Waals surface area contributed by atoms with Crippen molar-refractivity contribution in [2.24, 2.45) is 0 Å². The van der Waals surface area contributed by atoms with Crippen molar-refractivity contribution in [1.29, 1.82) is 0 Å². The monoisotopic (exact) mass is 358 g/mol. The molecule has 0 radical (unpaired) electrons. The van der Waals surface area contributed by atoms with Crippen LogP contribution in [0.5, 0.6) is 0 Å². The van der Waals surface area contributed by atoms with Crippen molar-refractivity contribution in [2.75, 3.05) is 0 Å². The van der Waals surface area contributed by atoms with Crippen molar-refractivity contribution >= 4 is 32.8 Å². The molecule has 0 aliphatic carbocycles. The Morgan fingerprint density at radius 3 is 2.95 bits per heavy atom. The molecule has 0 saturated heterocycles. The number of nitrogens with zero attached hydrogens (tertiary/aromatic N) is 1. The second-order valence-corrected chi connectivity index (χ2v) is 5.85. The summed E-state index contributed by atoms with van der Waals surface area (Å²) in [4.78, 5) is 16.3. The number of amides is 1. The minimum absolute atomic E-state index is 0.0597. The topological polar surface area (TPSA) is 55.1 Å². The highest BCUT2D eigenvalue weighted by molar-refractivity contribution is 9.10. The number of nitrogens with one attached hydrogen (secondary N) is 1. The van der Waals surface area contributed by atoms with Gasteiger partial charge in [-0.15, -0.1) is 0 Å². The zero-order chi connectivity index (χ0) is 15.5. The summed E-state index contributed by atoms with van der Waals surface area (Å²) in [5.41, 5.74) is 3.63. The van der Waals surface area contributed by atoms with Crippen LogP contribution in [0.15, 0.2) is 51.7 Å². The van der Waals surface area contributed by atoms with Crippen LogP contribution in [0.3, 0.4) is 0 Å². The number of hydrogen-bond acceptors (Lipinski definition) is 3. The highest BCUT2D eigenvalue weighted by Gasteiger charge is 2.15. The molecule has 112 valence electrons. The highest BCUT2D eigenvalue weighted by atomic mass is 79.9. The normalized spacial score (nSPS) is 10.8. The number of carbonyl (C=O) groups excluding carboxylic acids is 1. The van der Waals surface area contributed by atoms with Gasteiger partial charge < -0.3 is 9.73 Å². The second-order valence-electron chi connectivity index (χ2n) is 5.13. The summed E-state index contributed by atoms with van der Waals surface area (Å²) < 4.78 is 6.25. The molecule has 3 aromatic rings. The molecule has 0 atom stereocenters. The van der Waals surface area contributed by atoms with E-state index in [4.69, 9.17) is 4.42 Å². The lowest BCUT2D eigenvalue weighted by atomic mass is 10.1. The predicted octanol–water partition coefficient (Wildman–Crippen LogP) is 3.76. The lowest BCUT2D eigenvalue weighted by molar-refractivity contribution is -0.120. The first-order valence-corrected chi connectivity index (χ1v) is 7.77. The smallest absolute Gasteiger partial charge is 0.224 e. The van der Waals surface area contributed by atoms with Gasteiger partial charge in [-0.25, -0.2) is 0 Å². The van der Waals surface area contributed by atoms with Crippen LogP contribution in [0.2, 0.25) is 0 Å². The first-order valence-electron chi connectivity index (χ1n) is 6.97. The summed E-state index contributed by atoms with van der Waals surface area (Å²) in [6.07, 6.45) is 1.98. The SMILES string of the molecule is Cc1ccc2oc(Br)c(CC(=O)NCc3ccccn3)c2c1. The molecule has 0 spiro atoms. The van der Waals surface area contributed by atoms with Gasteiger partial charge in [-0.2, -0.15) is 0 Å². The molecule has 1 N–H and O–H groups in total. The van der Waals surface area contributed by atoms with Crippen LogP contribution >= 0.6 is 15.9 Å². The summed E-state index contributed by atoms with van der Waals surface area (Å²) in [5.74, 6) is -0.0597. The molecule has 0 unspecified atom stereocenters. The molecule has 0 saturated carbocycles. The molecule has 5 heteroatoms. The van der Waals surface area contributed by atoms with Crippen LogP contribution in [0.4, 0.5) is 0 Å². The average molecular weight is 359 g/mol. The summed E-state index contributed by atoms with van der Waals surface area (Å²) in [7, 11) is 0. The zero-order valence-corrected chi connectivity index (χ0v) is 13.7. The number of fused-ring (bicyclic) bond motifs is 1. The molecule has 2 aromatic heterocycles. The first-order chi connectivity index (χ1) is 10.6. The third-order valence-corrected chi connectivity index (χ3v) is 4.07. The van der Waals surface area contributed by atoms with E-state index in [1.807, 2.05) is 43.3 Å². The average Bonchev–Trinajstić information content (AvgIpc) is 2.82. The number of pyridine rings is 1. The van der Waals surface area contributed by atoms with Gasteiger partial charge in [-0.05, 0) is 47.1 Å². The minimum atomic E-state index is -0.0597. The predicted molar refractivity (Wildman–Crippen MR) is 88.4 cm³/mol. The van der Waals surface area contributed by atoms with Crippen LogP contribution in [0.25, 0.3) is 11.0 Å². The minimum Gasteiger partial charge on any atom is -0.449 e. The lowest BCUT2D eigenvalue weighted by Gasteiger charge is -2.04. The quantitative estimate of drug-likeness (QED) is 0.772. The van der Waals surface area contributed by atoms with Crippen molar-refractivity contribution in [3.05, 3.63) is 64.1 Å². The molecule has 0 bridgehead atoms. The molecular formula is C17H15BrN2O2. The van der Waals surface area contributed by atoms with E-state index in [2.05, 4.69) is 26.2 Å². The highest BCUT2D eigenvalue weighted by Crippen LogP contribution is 2.31. The van der Waals surface area contributed by atoms with Gasteiger partial charge in [-0.3, -0.25) is 9.78 Å². The van der Waals surface area contributed by atoms with Crippen LogP contribution in [-0.4, -0.2) is 10.9 Å². The van der Waals surface area contributed by atoms with Crippen LogP contribution in [0.1, 0.15) is 16.8 Å². The summed E-state index contributed by atoms with van der Waals surface area (Å²) in [6.45, 7) is 2.44. The van der Waals surface area contributed by atoms with Gasteiger partial charge in [0.2, 0.25) is 5.91 Å². The maximum absolute atomic E-state index is 12.2. The first kappa shape index (κ1) is 14.8. The van der Waals surface area contributed by atoms with Crippen molar-refractivity contribution < 1.29 is 9.21 Å². The number of carbonyl (C=O) groups is 1. The third kappa shape index (κ3) is 3.20. The lowest BCUT2D eigenvalue weighted by Crippen LogP contribution is -2.25. The standard InChI is InChI=1S/C17H15BrN2O2/c1-11-5-6-15-13(8-11)14(17(18)22-15)9-16(21)20-10-12-4-2-3-7-19-12/h2-8H,9-10H2,1H3,(H,20,21). The Kier molecular flexibility index (Phi) is 4.24. The number of aryl methyl sites for hydroxylation is 1. The number of aromatic nitrogens is 1. The van der Waals surface area contributed by atoms with Crippen LogP contribution < -0.4 is 5.32 Å². The van der Waals surface area contributed by atoms with Gasteiger partial charge >= 0.3 is 0 Å². The van der Waals surface area contributed by atoms with Crippen molar-refractivity contribution in [2.45, 2.75) is 19.9 Å². The van der Waals surface area contributed by atoms with E-state index in [1.54, 1.807) is 6.20 Å². The largest absolute Gasteiger partial charge is 0.449 e. The Bertz CT molecular complexity index is 812. The van der Waals surface area contributed by atoms with Gasteiger partial charge in [0.15, 0.2) is 4.67 Å². The Balaban J connectivity index is 1.74. The van der Waals surface area contributed by atoms with Gasteiger partial charge in [-0.1, -0.05) is 17.7 Å². The maximum Gasteiger partial charge on any atom is 0.224 e. The number of halogens is 1. The Morgan fingerprint density at radius 2 is 2.18 bits per heavy atom. The van der Waals surface area contributed by atoms with E-state index >= 15 is 0 Å². The second kappa shape index (κ2) is 6.32. The van der Waals surface area contributed by atoms with Crippen molar-refractivity contribution in [1.82, 2.24) is 10.3 Å². The summed E-state index contributed by atoms with van der Waals surface area (Å²) in [6, 6.07) is 11.6. The van der Waals surface area contributed by atoms with Crippen LogP contribution in [0, 0.1) is 6.92 Å². The van der Waals surface area contributed by atoms with Crippen molar-refractivity contribution in [3.63, 3.8) is 0 Å². The number of furan rings is 1. The van der Waals surface area contributed by atoms with Gasteiger partial charge in [0, 0.05) is 17.1 Å². The van der Waals surface area contributed by atoms with E-state index in [9.17, 15) is 4.79 Å². The van der Waals surface area contributed by atoms with Gasteiger partial charge in [0.05, 0.1) is 18.7 Å². The molecule has 3 rings (SSSR count). The Morgan fingerprint density at radius 1 is 1.32 bits per heavy atom. The molecular weight excluding hydrogens is 344 g/mol. The van der Waals surface area contributed by atoms with Crippen LogP contribution in [-0.2, 0) is 17.8 Å². The Labute approximate surface area is 136 Å². The number of hydrogen-bond donors (Lipinski definition) is 1. The maximum atomic E-state index is 12.2. The fourth-order valence-corrected chi connectivity index (χ4v) is 2.84. The molecule has 22 heavy (non-hydrogen) atoms. The summed E-state index contributed by atoms with van der Waals surface area (Å²) in [5, 5.41) is 3.85. The third-order valence-electron chi connectivity index (χ3n) is 3.43. The van der Waals surface area contributed by atoms with Gasteiger partial charge in [0.1, 0.15) is 5.58 Å². The van der Waals surface area contributed by atoms with Crippen molar-refractivity contribution in [3.8, 4) is 0 Å². The van der Waals surface area contributed by atoms with E-state index in [0.717, 1.165) is 27.8 Å². The molecule has 0 aliphatic heterocycles. The molecule has 1 aromatic carbocycles. The van der Waals surface area contributed by atoms with E-state index in [1.165, 1.54) is 0 Å². The molecule has 1 amide bonds. The fraction of sp³-hybridized carbons (Fsp3) is 0.176. The van der Waals surface area contributed by atoms with E-state index in [-0.39, 0.29) is 12.3 Å². The number of benzene rings is 1. The summed E-state index contributed by atoms with van der Waals surface area (Å²) >= 11 is 3.40. The molecule has 0 aliphatic rings. The number of rotatable bonds is 4.